The zero-order valence-corrected chi connectivity index (χ0v) is 14.7. The van der Waals surface area contributed by atoms with Crippen molar-refractivity contribution in [2.45, 2.75) is 19.7 Å². The fourth-order valence-electron chi connectivity index (χ4n) is 2.52. The molecule has 2 nitrogen and oxygen atoms in total. The normalized spacial score (nSPS) is 9.75. The molecule has 0 spiro atoms. The average molecular weight is 337 g/mol. The third-order valence-corrected chi connectivity index (χ3v) is 4.03. The molecule has 1 N–H and O–H groups in total. The maximum absolute atomic E-state index is 6.05. The van der Waals surface area contributed by atoms with E-state index in [9.17, 15) is 0 Å². The smallest absolute Gasteiger partial charge is 0.213 e. The van der Waals surface area contributed by atoms with Crippen molar-refractivity contribution < 1.29 is 0 Å². The second-order valence-electron chi connectivity index (χ2n) is 5.47. The molecule has 0 fully saturated rings. The number of hydrogen-bond donors (Lipinski definition) is 1. The third-order valence-electron chi connectivity index (χ3n) is 3.79. The third kappa shape index (κ3) is 5.43. The first-order valence-electron chi connectivity index (χ1n) is 8.13. The molecule has 0 saturated carbocycles. The van der Waals surface area contributed by atoms with Crippen LogP contribution in [0.4, 0.5) is 0 Å². The molecule has 0 radical (unpaired) electrons. The van der Waals surface area contributed by atoms with Gasteiger partial charge < -0.3 is 4.98 Å². The standard InChI is InChI=1S/C15H14BCl.C5H8N2/c1-2-11-16(13-7-4-3-5-8-13)14-9-6-10-15(17)12-14;1-2-5-3-6-4-7-5/h2-10,12H,1,11H2;3-4H,2H2,1H3,(H,6,7). The quantitative estimate of drug-likeness (QED) is 0.551. The molecule has 122 valence electrons. The highest BCUT2D eigenvalue weighted by atomic mass is 35.5. The van der Waals surface area contributed by atoms with E-state index >= 15 is 0 Å². The number of nitrogens with one attached hydrogen (secondary N) is 1. The number of imidazole rings is 1. The molecule has 0 bridgehead atoms. The van der Waals surface area contributed by atoms with Gasteiger partial charge in [0, 0.05) is 16.9 Å². The lowest BCUT2D eigenvalue weighted by molar-refractivity contribution is 1.06. The van der Waals surface area contributed by atoms with Crippen molar-refractivity contribution in [1.29, 1.82) is 0 Å². The molecule has 1 heterocycles. The minimum absolute atomic E-state index is 0.340. The first kappa shape index (κ1) is 18.1. The fourth-order valence-corrected chi connectivity index (χ4v) is 2.72. The number of allylic oxidation sites excluding steroid dienone is 1. The number of aromatic nitrogens is 2. The zero-order chi connectivity index (χ0) is 17.2. The summed E-state index contributed by atoms with van der Waals surface area (Å²) < 4.78 is 0. The summed E-state index contributed by atoms with van der Waals surface area (Å²) in [5.74, 6) is 0. The van der Waals surface area contributed by atoms with Crippen LogP contribution in [-0.2, 0) is 6.42 Å². The summed E-state index contributed by atoms with van der Waals surface area (Å²) in [6.07, 6.45) is 7.45. The van der Waals surface area contributed by atoms with Gasteiger partial charge in [0.15, 0.2) is 0 Å². The molecular weight excluding hydrogens is 314 g/mol. The Balaban J connectivity index is 0.000000249. The van der Waals surface area contributed by atoms with E-state index < -0.39 is 0 Å². The number of benzene rings is 2. The predicted octanol–water partition coefficient (Wildman–Crippen LogP) is 4.11. The molecule has 0 aliphatic carbocycles. The first-order chi connectivity index (χ1) is 11.7. The van der Waals surface area contributed by atoms with Gasteiger partial charge in [-0.1, -0.05) is 78.0 Å². The largest absolute Gasteiger partial charge is 0.349 e. The number of aryl methyl sites for hydroxylation is 1. The average Bonchev–Trinajstić information content (AvgIpc) is 3.15. The molecule has 0 aliphatic rings. The van der Waals surface area contributed by atoms with Crippen molar-refractivity contribution in [3.8, 4) is 0 Å². The van der Waals surface area contributed by atoms with Crippen LogP contribution in [0.3, 0.4) is 0 Å². The van der Waals surface area contributed by atoms with E-state index in [1.807, 2.05) is 36.5 Å². The molecular formula is C20H22BClN2. The molecule has 2 aromatic carbocycles. The van der Waals surface area contributed by atoms with Gasteiger partial charge in [-0.3, -0.25) is 0 Å². The number of nitrogens with zero attached hydrogens (tertiary/aromatic N) is 1. The maximum atomic E-state index is 6.05. The fraction of sp³-hybridized carbons (Fsp3) is 0.150. The monoisotopic (exact) mass is 336 g/mol. The Morgan fingerprint density at radius 3 is 2.42 bits per heavy atom. The zero-order valence-electron chi connectivity index (χ0n) is 14.0. The summed E-state index contributed by atoms with van der Waals surface area (Å²) >= 11 is 6.05. The molecule has 24 heavy (non-hydrogen) atoms. The Morgan fingerprint density at radius 1 is 1.12 bits per heavy atom. The van der Waals surface area contributed by atoms with Gasteiger partial charge in [0.05, 0.1) is 6.33 Å². The van der Waals surface area contributed by atoms with Crippen LogP contribution >= 0.6 is 11.6 Å². The van der Waals surface area contributed by atoms with Crippen LogP contribution in [-0.4, -0.2) is 16.7 Å². The van der Waals surface area contributed by atoms with Gasteiger partial charge in [0.1, 0.15) is 0 Å². The Bertz CT molecular complexity index is 726. The minimum atomic E-state index is 0.340. The summed E-state index contributed by atoms with van der Waals surface area (Å²) in [6.45, 7) is 6.27. The van der Waals surface area contributed by atoms with Gasteiger partial charge in [0.25, 0.3) is 0 Å². The van der Waals surface area contributed by atoms with Crippen LogP contribution in [0, 0.1) is 0 Å². The van der Waals surface area contributed by atoms with Crippen molar-refractivity contribution in [3.05, 3.63) is 90.5 Å². The van der Waals surface area contributed by atoms with Crippen LogP contribution in [0.1, 0.15) is 12.6 Å². The number of hydrogen-bond acceptors (Lipinski definition) is 1. The van der Waals surface area contributed by atoms with Crippen LogP contribution in [0.25, 0.3) is 0 Å². The number of H-pyrrole nitrogens is 1. The van der Waals surface area contributed by atoms with E-state index in [2.05, 4.69) is 53.8 Å². The number of aromatic amines is 1. The predicted molar refractivity (Wildman–Crippen MR) is 106 cm³/mol. The van der Waals surface area contributed by atoms with Gasteiger partial charge in [-0.25, -0.2) is 4.98 Å². The molecule has 1 aromatic heterocycles. The lowest BCUT2D eigenvalue weighted by atomic mass is 9.39. The molecule has 0 saturated heterocycles. The molecule has 0 aliphatic heterocycles. The van der Waals surface area contributed by atoms with Crippen LogP contribution in [0.2, 0.25) is 11.3 Å². The maximum Gasteiger partial charge on any atom is 0.213 e. The molecule has 3 rings (SSSR count). The number of halogens is 1. The van der Waals surface area contributed by atoms with Crippen LogP contribution < -0.4 is 10.9 Å². The second kappa shape index (κ2) is 9.79. The SMILES string of the molecule is C=CCB(c1ccccc1)c1cccc(Cl)c1.CCc1cnc[nH]1. The molecule has 0 amide bonds. The Kier molecular flexibility index (Phi) is 7.38. The Hall–Kier alpha value is -2.26. The van der Waals surface area contributed by atoms with E-state index in [4.69, 9.17) is 11.6 Å². The lowest BCUT2D eigenvalue weighted by Gasteiger charge is -2.12. The van der Waals surface area contributed by atoms with Crippen molar-refractivity contribution >= 4 is 29.2 Å². The topological polar surface area (TPSA) is 28.7 Å². The summed E-state index contributed by atoms with van der Waals surface area (Å²) in [6, 6.07) is 18.5. The van der Waals surface area contributed by atoms with Gasteiger partial charge in [-0.05, 0) is 24.9 Å². The summed E-state index contributed by atoms with van der Waals surface area (Å²) in [5.41, 5.74) is 3.73. The summed E-state index contributed by atoms with van der Waals surface area (Å²) in [7, 11) is 0. The van der Waals surface area contributed by atoms with Gasteiger partial charge in [-0.15, -0.1) is 6.58 Å². The number of rotatable bonds is 5. The van der Waals surface area contributed by atoms with Gasteiger partial charge in [0.2, 0.25) is 6.71 Å². The summed E-state index contributed by atoms with van der Waals surface area (Å²) in [5, 5.41) is 0.785. The lowest BCUT2D eigenvalue weighted by Crippen LogP contribution is -2.41. The van der Waals surface area contributed by atoms with E-state index in [1.165, 1.54) is 16.6 Å². The van der Waals surface area contributed by atoms with E-state index in [-0.39, 0.29) is 0 Å². The molecule has 0 unspecified atom stereocenters. The van der Waals surface area contributed by atoms with E-state index in [0.717, 1.165) is 17.8 Å². The summed E-state index contributed by atoms with van der Waals surface area (Å²) in [4.78, 5) is 6.81. The Labute approximate surface area is 149 Å². The first-order valence-corrected chi connectivity index (χ1v) is 8.51. The Morgan fingerprint density at radius 2 is 1.88 bits per heavy atom. The highest BCUT2D eigenvalue weighted by Gasteiger charge is 2.17. The second-order valence-corrected chi connectivity index (χ2v) is 5.91. The molecule has 0 atom stereocenters. The van der Waals surface area contributed by atoms with Crippen molar-refractivity contribution in [3.63, 3.8) is 0 Å². The molecule has 3 aromatic rings. The van der Waals surface area contributed by atoms with Gasteiger partial charge >= 0.3 is 0 Å². The highest BCUT2D eigenvalue weighted by Crippen LogP contribution is 2.06. The van der Waals surface area contributed by atoms with Crippen molar-refractivity contribution in [2.75, 3.05) is 0 Å². The van der Waals surface area contributed by atoms with E-state index in [1.54, 1.807) is 6.33 Å². The van der Waals surface area contributed by atoms with Gasteiger partial charge in [-0.2, -0.15) is 0 Å². The van der Waals surface area contributed by atoms with Crippen LogP contribution in [0.15, 0.2) is 79.8 Å². The van der Waals surface area contributed by atoms with Crippen LogP contribution in [0.5, 0.6) is 0 Å². The molecule has 4 heteroatoms. The van der Waals surface area contributed by atoms with E-state index in [0.29, 0.717) is 6.71 Å². The van der Waals surface area contributed by atoms with Crippen molar-refractivity contribution in [2.24, 2.45) is 0 Å². The minimum Gasteiger partial charge on any atom is -0.349 e. The van der Waals surface area contributed by atoms with Crippen molar-refractivity contribution in [1.82, 2.24) is 9.97 Å². The highest BCUT2D eigenvalue weighted by molar-refractivity contribution is 6.85.